The van der Waals surface area contributed by atoms with E-state index in [1.807, 2.05) is 22.0 Å². The number of ketones is 1. The number of likely N-dealkylation sites (tertiary alicyclic amines) is 1. The van der Waals surface area contributed by atoms with Gasteiger partial charge in [-0.25, -0.2) is 14.8 Å². The molecule has 2 saturated heterocycles. The van der Waals surface area contributed by atoms with Gasteiger partial charge >= 0.3 is 6.03 Å². The Bertz CT molecular complexity index is 1130. The van der Waals surface area contributed by atoms with E-state index in [0.29, 0.717) is 86.9 Å². The fourth-order valence-corrected chi connectivity index (χ4v) is 5.35. The summed E-state index contributed by atoms with van der Waals surface area (Å²) < 4.78 is 5.41. The van der Waals surface area contributed by atoms with Crippen LogP contribution in [-0.4, -0.2) is 83.8 Å². The number of nitrogens with zero attached hydrogens (tertiary/aromatic N) is 4. The molecule has 1 aromatic carbocycles. The minimum Gasteiger partial charge on any atom is -0.379 e. The molecule has 0 atom stereocenters. The molecule has 0 unspecified atom stereocenters. The van der Waals surface area contributed by atoms with Crippen LogP contribution in [0.4, 0.5) is 10.5 Å². The number of ether oxygens (including phenoxy) is 1. The molecule has 5 rings (SSSR count). The van der Waals surface area contributed by atoms with Crippen LogP contribution < -0.4 is 16.5 Å². The Kier molecular flexibility index (Phi) is 6.54. The molecule has 0 radical (unpaired) electrons. The van der Waals surface area contributed by atoms with Crippen molar-refractivity contribution in [2.75, 3.05) is 50.9 Å². The van der Waals surface area contributed by atoms with Crippen molar-refractivity contribution >= 4 is 23.4 Å². The predicted molar refractivity (Wildman–Crippen MR) is 129 cm³/mol. The van der Waals surface area contributed by atoms with Crippen molar-refractivity contribution in [2.45, 2.75) is 31.6 Å². The highest BCUT2D eigenvalue weighted by Crippen LogP contribution is 2.44. The quantitative estimate of drug-likeness (QED) is 0.478. The fourth-order valence-electron chi connectivity index (χ4n) is 5.35. The van der Waals surface area contributed by atoms with Crippen LogP contribution in [0.3, 0.4) is 0 Å². The van der Waals surface area contributed by atoms with Crippen LogP contribution in [0.5, 0.6) is 0 Å². The van der Waals surface area contributed by atoms with E-state index < -0.39 is 6.03 Å². The van der Waals surface area contributed by atoms with E-state index >= 15 is 0 Å². The Hall–Kier alpha value is -3.28. The molecule has 1 aliphatic carbocycles. The number of amides is 3. The summed E-state index contributed by atoms with van der Waals surface area (Å²) in [6.45, 7) is 3.74. The molecular formula is C24H31N7O4. The summed E-state index contributed by atoms with van der Waals surface area (Å²) in [6, 6.07) is 4.76. The van der Waals surface area contributed by atoms with Gasteiger partial charge in [0.15, 0.2) is 5.78 Å². The van der Waals surface area contributed by atoms with Crippen LogP contribution >= 0.6 is 0 Å². The number of anilines is 1. The van der Waals surface area contributed by atoms with Crippen molar-refractivity contribution in [2.24, 2.45) is 11.5 Å². The van der Waals surface area contributed by atoms with Gasteiger partial charge in [0.1, 0.15) is 5.69 Å². The zero-order chi connectivity index (χ0) is 24.5. The molecule has 0 bridgehead atoms. The molecule has 3 heterocycles. The van der Waals surface area contributed by atoms with Crippen LogP contribution in [-0.2, 0) is 9.53 Å². The molecule has 5 N–H and O–H groups in total. The van der Waals surface area contributed by atoms with Crippen LogP contribution in [0.2, 0.25) is 0 Å². The number of aromatic nitrogens is 2. The molecular weight excluding hydrogens is 450 g/mol. The lowest BCUT2D eigenvalue weighted by atomic mass is 9.90. The van der Waals surface area contributed by atoms with Crippen LogP contribution in [0.15, 0.2) is 18.2 Å². The summed E-state index contributed by atoms with van der Waals surface area (Å²) in [6.07, 6.45) is 2.66. The summed E-state index contributed by atoms with van der Waals surface area (Å²) in [7, 11) is 0. The number of urea groups is 1. The number of fused-ring (bicyclic) bond motifs is 3. The molecule has 3 amide bonds. The van der Waals surface area contributed by atoms with Gasteiger partial charge in [-0.15, -0.1) is 0 Å². The number of H-pyrrole nitrogens is 1. The Morgan fingerprint density at radius 3 is 2.57 bits per heavy atom. The largest absolute Gasteiger partial charge is 0.379 e. The topological polar surface area (TPSA) is 151 Å². The standard InChI is InChI=1S/C24H31N7O4/c25-8-2-5-18(32)29-9-6-15(7-10-29)21-20-22(28-27-21)16-3-1-4-17(19(16)23(20)33)31(24(26)34)30-11-13-35-14-12-30/h1,3-4,15H,2,5-14,25H2,(H2,26,34)(H,27,28). The van der Waals surface area contributed by atoms with Gasteiger partial charge < -0.3 is 21.1 Å². The maximum Gasteiger partial charge on any atom is 0.334 e. The molecule has 1 aromatic heterocycles. The summed E-state index contributed by atoms with van der Waals surface area (Å²) in [4.78, 5) is 40.5. The molecule has 2 fully saturated rings. The molecule has 2 aliphatic heterocycles. The molecule has 3 aliphatic rings. The van der Waals surface area contributed by atoms with E-state index in [2.05, 4.69) is 10.2 Å². The van der Waals surface area contributed by atoms with Crippen molar-refractivity contribution in [3.8, 4) is 11.3 Å². The third-order valence-electron chi connectivity index (χ3n) is 7.10. The van der Waals surface area contributed by atoms with Gasteiger partial charge in [-0.1, -0.05) is 12.1 Å². The van der Waals surface area contributed by atoms with Crippen molar-refractivity contribution in [1.82, 2.24) is 20.1 Å². The lowest BCUT2D eigenvalue weighted by molar-refractivity contribution is -0.132. The maximum absolute atomic E-state index is 13.8. The van der Waals surface area contributed by atoms with Crippen molar-refractivity contribution in [1.29, 1.82) is 0 Å². The average molecular weight is 482 g/mol. The highest BCUT2D eigenvalue weighted by atomic mass is 16.5. The summed E-state index contributed by atoms with van der Waals surface area (Å²) in [5.74, 6) is 0.0693. The van der Waals surface area contributed by atoms with Gasteiger partial charge in [0.25, 0.3) is 0 Å². The number of hydrazine groups is 1. The number of carbonyl (C=O) groups is 3. The van der Waals surface area contributed by atoms with E-state index in [4.69, 9.17) is 16.2 Å². The number of nitrogens with one attached hydrogen (secondary N) is 1. The second-order valence-electron chi connectivity index (χ2n) is 9.15. The maximum atomic E-state index is 13.8. The van der Waals surface area contributed by atoms with Gasteiger partial charge in [0.2, 0.25) is 5.91 Å². The minimum atomic E-state index is -0.647. The molecule has 11 heteroatoms. The van der Waals surface area contributed by atoms with Gasteiger partial charge in [0, 0.05) is 44.1 Å². The van der Waals surface area contributed by atoms with E-state index in [0.717, 1.165) is 18.5 Å². The monoisotopic (exact) mass is 481 g/mol. The number of rotatable bonds is 6. The Balaban J connectivity index is 1.40. The fraction of sp³-hybridized carbons (Fsp3) is 0.500. The van der Waals surface area contributed by atoms with Gasteiger partial charge in [0.05, 0.1) is 35.7 Å². The number of morpholine rings is 1. The number of hydrogen-bond donors (Lipinski definition) is 3. The zero-order valence-corrected chi connectivity index (χ0v) is 19.7. The van der Waals surface area contributed by atoms with Crippen LogP contribution in [0.1, 0.15) is 53.2 Å². The number of piperidine rings is 1. The molecule has 2 aromatic rings. The first kappa shape index (κ1) is 23.5. The Labute approximate surface area is 203 Å². The van der Waals surface area contributed by atoms with Gasteiger partial charge in [-0.2, -0.15) is 5.10 Å². The van der Waals surface area contributed by atoms with Gasteiger partial charge in [-0.05, 0) is 31.9 Å². The molecule has 35 heavy (non-hydrogen) atoms. The van der Waals surface area contributed by atoms with E-state index in [9.17, 15) is 14.4 Å². The van der Waals surface area contributed by atoms with E-state index in [-0.39, 0.29) is 17.6 Å². The van der Waals surface area contributed by atoms with E-state index in [1.54, 1.807) is 6.07 Å². The Morgan fingerprint density at radius 1 is 1.14 bits per heavy atom. The van der Waals surface area contributed by atoms with Crippen molar-refractivity contribution in [3.05, 3.63) is 35.0 Å². The van der Waals surface area contributed by atoms with Crippen molar-refractivity contribution < 1.29 is 19.1 Å². The smallest absolute Gasteiger partial charge is 0.334 e. The number of primary amides is 1. The number of nitrogens with two attached hydrogens (primary N) is 2. The number of benzene rings is 1. The Morgan fingerprint density at radius 2 is 1.89 bits per heavy atom. The molecule has 186 valence electrons. The first-order valence-electron chi connectivity index (χ1n) is 12.2. The summed E-state index contributed by atoms with van der Waals surface area (Å²) in [5, 5.41) is 10.8. The molecule has 0 saturated carbocycles. The first-order valence-corrected chi connectivity index (χ1v) is 12.2. The SMILES string of the molecule is NCCCC(=O)N1CCC(c2[nH]nc3c2C(=O)c2c-3cccc2N(C(N)=O)N2CCOCC2)CC1. The van der Waals surface area contributed by atoms with Crippen LogP contribution in [0.25, 0.3) is 11.3 Å². The highest BCUT2D eigenvalue weighted by molar-refractivity contribution is 6.25. The van der Waals surface area contributed by atoms with Gasteiger partial charge in [-0.3, -0.25) is 14.7 Å². The zero-order valence-electron chi connectivity index (χ0n) is 19.7. The van der Waals surface area contributed by atoms with E-state index in [1.165, 1.54) is 5.01 Å². The number of aromatic amines is 1. The van der Waals surface area contributed by atoms with Crippen LogP contribution in [0, 0.1) is 0 Å². The average Bonchev–Trinajstić information content (AvgIpc) is 3.43. The lowest BCUT2D eigenvalue weighted by Crippen LogP contribution is -2.54. The third kappa shape index (κ3) is 4.19. The second-order valence-corrected chi connectivity index (χ2v) is 9.15. The predicted octanol–water partition coefficient (Wildman–Crippen LogP) is 1.20. The molecule has 11 nitrogen and oxygen atoms in total. The first-order chi connectivity index (χ1) is 17.0. The second kappa shape index (κ2) is 9.76. The summed E-state index contributed by atoms with van der Waals surface area (Å²) in [5.41, 5.74) is 14.9. The van der Waals surface area contributed by atoms with Crippen molar-refractivity contribution in [3.63, 3.8) is 0 Å². The normalized spacial score (nSPS) is 18.4. The third-order valence-corrected chi connectivity index (χ3v) is 7.10. The summed E-state index contributed by atoms with van der Waals surface area (Å²) >= 11 is 0. The number of carbonyl (C=O) groups excluding carboxylic acids is 3. The lowest BCUT2D eigenvalue weighted by Gasteiger charge is -2.36. The number of hydrogen-bond acceptors (Lipinski definition) is 7. The highest BCUT2D eigenvalue weighted by Gasteiger charge is 2.39. The molecule has 0 spiro atoms. The minimum absolute atomic E-state index is 0.0954.